The van der Waals surface area contributed by atoms with Crippen LogP contribution in [0, 0.1) is 0 Å². The van der Waals surface area contributed by atoms with Crippen molar-refractivity contribution < 1.29 is 29.2 Å². The minimum Gasteiger partial charge on any atom is -0.507 e. The molecule has 0 aliphatic carbocycles. The molecule has 2 N–H and O–H groups in total. The second-order valence-electron chi connectivity index (χ2n) is 10.8. The number of ketones is 1. The third-order valence-corrected chi connectivity index (χ3v) is 7.47. The standard InChI is InChI=1S/C34H48O6/c1-3-4-5-6-7-8-9-10-11-12-13-14-15-16-17-18-21-39-27-23-29(36)34-30(37)25-32(40-33(34)24-27)26-19-20-31(38-2)28(35)22-26/h10-11,19-20,22-24,32,35-36H,3-9,12-18,21,25H2,1-2H3/b11-10-. The van der Waals surface area contributed by atoms with Crippen LogP contribution < -0.4 is 14.2 Å². The Morgan fingerprint density at radius 1 is 0.850 bits per heavy atom. The monoisotopic (exact) mass is 552 g/mol. The Hall–Kier alpha value is -3.15. The Bertz CT molecular complexity index is 1080. The summed E-state index contributed by atoms with van der Waals surface area (Å²) in [7, 11) is 1.48. The first-order valence-corrected chi connectivity index (χ1v) is 15.2. The third kappa shape index (κ3) is 10.1. The van der Waals surface area contributed by atoms with Crippen molar-refractivity contribution in [1.82, 2.24) is 0 Å². The maximum Gasteiger partial charge on any atom is 0.174 e. The molecule has 0 saturated carbocycles. The topological polar surface area (TPSA) is 85.2 Å². The van der Waals surface area contributed by atoms with Crippen molar-refractivity contribution in [2.45, 2.75) is 109 Å². The second-order valence-corrected chi connectivity index (χ2v) is 10.8. The predicted molar refractivity (Wildman–Crippen MR) is 160 cm³/mol. The number of phenolic OH excluding ortho intramolecular Hbond substituents is 2. The SMILES string of the molecule is CCCCCCCC/C=C\CCCCCCCCOc1cc(O)c2c(c1)OC(c1ccc(OC)c(O)c1)CC2=O. The number of fused-ring (bicyclic) bond motifs is 1. The molecular weight excluding hydrogens is 504 g/mol. The molecule has 1 atom stereocenters. The summed E-state index contributed by atoms with van der Waals surface area (Å²) in [6.45, 7) is 2.81. The third-order valence-electron chi connectivity index (χ3n) is 7.47. The zero-order chi connectivity index (χ0) is 28.6. The summed E-state index contributed by atoms with van der Waals surface area (Å²) >= 11 is 0. The molecule has 2 aromatic rings. The zero-order valence-electron chi connectivity index (χ0n) is 24.5. The summed E-state index contributed by atoms with van der Waals surface area (Å²) in [6.07, 6.45) is 21.8. The highest BCUT2D eigenvalue weighted by Gasteiger charge is 2.31. The van der Waals surface area contributed by atoms with Crippen molar-refractivity contribution in [3.8, 4) is 28.7 Å². The molecule has 1 unspecified atom stereocenters. The van der Waals surface area contributed by atoms with E-state index in [9.17, 15) is 15.0 Å². The first kappa shape index (κ1) is 31.4. The van der Waals surface area contributed by atoms with Gasteiger partial charge < -0.3 is 24.4 Å². The Balaban J connectivity index is 1.31. The fraction of sp³-hybridized carbons (Fsp3) is 0.559. The van der Waals surface area contributed by atoms with Gasteiger partial charge in [-0.05, 0) is 49.8 Å². The fourth-order valence-electron chi connectivity index (χ4n) is 5.13. The predicted octanol–water partition coefficient (Wildman–Crippen LogP) is 9.23. The van der Waals surface area contributed by atoms with Crippen LogP contribution in [-0.2, 0) is 0 Å². The lowest BCUT2D eigenvalue weighted by Gasteiger charge is -2.26. The van der Waals surface area contributed by atoms with E-state index in [1.165, 1.54) is 96.3 Å². The first-order chi connectivity index (χ1) is 19.5. The molecule has 1 aliphatic rings. The van der Waals surface area contributed by atoms with Crippen LogP contribution in [0.15, 0.2) is 42.5 Å². The molecule has 1 heterocycles. The van der Waals surface area contributed by atoms with Crippen molar-refractivity contribution in [3.63, 3.8) is 0 Å². The van der Waals surface area contributed by atoms with Crippen LogP contribution >= 0.6 is 0 Å². The van der Waals surface area contributed by atoms with E-state index in [4.69, 9.17) is 14.2 Å². The van der Waals surface area contributed by atoms with Gasteiger partial charge in [0.1, 0.15) is 28.9 Å². The highest BCUT2D eigenvalue weighted by Crippen LogP contribution is 2.43. The van der Waals surface area contributed by atoms with Gasteiger partial charge in [-0.2, -0.15) is 0 Å². The molecule has 0 fully saturated rings. The van der Waals surface area contributed by atoms with Crippen molar-refractivity contribution in [1.29, 1.82) is 0 Å². The second kappa shape index (κ2) is 17.5. The highest BCUT2D eigenvalue weighted by molar-refractivity contribution is 6.02. The zero-order valence-corrected chi connectivity index (χ0v) is 24.5. The van der Waals surface area contributed by atoms with Crippen molar-refractivity contribution in [2.24, 2.45) is 0 Å². The number of allylic oxidation sites excluding steroid dienone is 2. The van der Waals surface area contributed by atoms with Crippen LogP contribution in [0.5, 0.6) is 28.7 Å². The van der Waals surface area contributed by atoms with Gasteiger partial charge in [-0.1, -0.05) is 82.9 Å². The van der Waals surface area contributed by atoms with Crippen LogP contribution in [0.25, 0.3) is 0 Å². The number of phenols is 2. The van der Waals surface area contributed by atoms with E-state index in [1.54, 1.807) is 18.2 Å². The molecule has 0 bridgehead atoms. The summed E-state index contributed by atoms with van der Waals surface area (Å²) in [4.78, 5) is 12.8. The van der Waals surface area contributed by atoms with Gasteiger partial charge in [-0.25, -0.2) is 0 Å². The molecule has 0 amide bonds. The molecule has 220 valence electrons. The van der Waals surface area contributed by atoms with E-state index in [-0.39, 0.29) is 29.3 Å². The maximum absolute atomic E-state index is 12.8. The summed E-state index contributed by atoms with van der Waals surface area (Å²) in [5, 5.41) is 20.6. The van der Waals surface area contributed by atoms with Crippen LogP contribution in [0.2, 0.25) is 0 Å². The number of aromatic hydroxyl groups is 2. The molecular formula is C34H48O6. The average Bonchev–Trinajstić information content (AvgIpc) is 2.94. The van der Waals surface area contributed by atoms with Crippen LogP contribution in [0.1, 0.15) is 125 Å². The summed E-state index contributed by atoms with van der Waals surface area (Å²) in [5.41, 5.74) is 0.839. The number of carbonyl (C=O) groups is 1. The molecule has 0 saturated heterocycles. The molecule has 0 radical (unpaired) electrons. The lowest BCUT2D eigenvalue weighted by molar-refractivity contribution is 0.0844. The van der Waals surface area contributed by atoms with Gasteiger partial charge in [0.15, 0.2) is 17.3 Å². The summed E-state index contributed by atoms with van der Waals surface area (Å²) in [5.74, 6) is 0.777. The van der Waals surface area contributed by atoms with E-state index >= 15 is 0 Å². The number of rotatable bonds is 19. The molecule has 1 aliphatic heterocycles. The minimum absolute atomic E-state index is 0.0163. The number of ether oxygens (including phenoxy) is 3. The van der Waals surface area contributed by atoms with Crippen LogP contribution in [0.4, 0.5) is 0 Å². The number of hydrogen-bond acceptors (Lipinski definition) is 6. The first-order valence-electron chi connectivity index (χ1n) is 15.2. The largest absolute Gasteiger partial charge is 0.507 e. The van der Waals surface area contributed by atoms with Crippen molar-refractivity contribution in [2.75, 3.05) is 13.7 Å². The Morgan fingerprint density at radius 2 is 1.50 bits per heavy atom. The number of hydrogen-bond donors (Lipinski definition) is 2. The van der Waals surface area contributed by atoms with Crippen molar-refractivity contribution in [3.05, 3.63) is 53.6 Å². The van der Waals surface area contributed by atoms with Crippen LogP contribution in [-0.4, -0.2) is 29.7 Å². The van der Waals surface area contributed by atoms with E-state index in [0.717, 1.165) is 12.8 Å². The molecule has 0 aromatic heterocycles. The normalized spacial score (nSPS) is 14.8. The summed E-state index contributed by atoms with van der Waals surface area (Å²) < 4.78 is 17.0. The Morgan fingerprint density at radius 3 is 2.15 bits per heavy atom. The number of benzene rings is 2. The van der Waals surface area contributed by atoms with Crippen molar-refractivity contribution >= 4 is 5.78 Å². The Labute approximate surface area is 240 Å². The average molecular weight is 553 g/mol. The van der Waals surface area contributed by atoms with E-state index in [2.05, 4.69) is 19.1 Å². The van der Waals surface area contributed by atoms with E-state index in [1.807, 2.05) is 0 Å². The Kier molecular flexibility index (Phi) is 13.7. The molecule has 6 nitrogen and oxygen atoms in total. The molecule has 3 rings (SSSR count). The van der Waals surface area contributed by atoms with E-state index in [0.29, 0.717) is 29.4 Å². The van der Waals surface area contributed by atoms with Gasteiger partial charge >= 0.3 is 0 Å². The highest BCUT2D eigenvalue weighted by atomic mass is 16.5. The van der Waals surface area contributed by atoms with Gasteiger partial charge in [0.2, 0.25) is 0 Å². The number of Topliss-reactive ketones (excluding diaryl/α,β-unsaturated/α-hetero) is 1. The smallest absolute Gasteiger partial charge is 0.174 e. The molecule has 0 spiro atoms. The maximum atomic E-state index is 12.8. The van der Waals surface area contributed by atoms with Gasteiger partial charge in [-0.3, -0.25) is 4.79 Å². The molecule has 40 heavy (non-hydrogen) atoms. The molecule has 2 aromatic carbocycles. The lowest BCUT2D eigenvalue weighted by atomic mass is 9.95. The minimum atomic E-state index is -0.567. The number of unbranched alkanes of at least 4 members (excludes halogenated alkanes) is 12. The molecule has 6 heteroatoms. The van der Waals surface area contributed by atoms with Gasteiger partial charge in [0.05, 0.1) is 20.1 Å². The van der Waals surface area contributed by atoms with Gasteiger partial charge in [0, 0.05) is 12.1 Å². The fourth-order valence-corrected chi connectivity index (χ4v) is 5.13. The number of methoxy groups -OCH3 is 1. The lowest BCUT2D eigenvalue weighted by Crippen LogP contribution is -2.20. The summed E-state index contributed by atoms with van der Waals surface area (Å²) in [6, 6.07) is 8.09. The van der Waals surface area contributed by atoms with E-state index < -0.39 is 6.10 Å². The quantitative estimate of drug-likeness (QED) is 0.133. The van der Waals surface area contributed by atoms with Gasteiger partial charge in [0.25, 0.3) is 0 Å². The van der Waals surface area contributed by atoms with Gasteiger partial charge in [-0.15, -0.1) is 0 Å². The number of carbonyl (C=O) groups excluding carboxylic acids is 1. The van der Waals surface area contributed by atoms with Crippen LogP contribution in [0.3, 0.4) is 0 Å².